The van der Waals surface area contributed by atoms with Gasteiger partial charge in [0.05, 0.1) is 11.4 Å². The van der Waals surface area contributed by atoms with Gasteiger partial charge in [-0.2, -0.15) is 0 Å². The summed E-state index contributed by atoms with van der Waals surface area (Å²) < 4.78 is 4.39. The molecule has 1 aromatic carbocycles. The van der Waals surface area contributed by atoms with Crippen LogP contribution in [-0.4, -0.2) is 9.55 Å². The summed E-state index contributed by atoms with van der Waals surface area (Å²) >= 11 is 7.20. The first-order chi connectivity index (χ1) is 10.1. The number of para-hydroxylation sites is 1. The zero-order valence-electron chi connectivity index (χ0n) is 12.1. The van der Waals surface area contributed by atoms with Gasteiger partial charge in [0.1, 0.15) is 0 Å². The Labute approximate surface area is 142 Å². The summed E-state index contributed by atoms with van der Waals surface area (Å²) in [6.45, 7) is 2.06. The average molecular weight is 413 g/mol. The molecule has 21 heavy (non-hydrogen) atoms. The summed E-state index contributed by atoms with van der Waals surface area (Å²) in [6.07, 6.45) is 8.68. The Balaban J connectivity index is 1.92. The molecular formula is C16H19Br2N3. The SMILES string of the molecule is Cc1cn(C2CCCCC2)c(Nc2c(Br)cccc2Br)n1. The summed E-state index contributed by atoms with van der Waals surface area (Å²) in [6, 6.07) is 6.66. The fourth-order valence-electron chi connectivity index (χ4n) is 2.98. The molecule has 1 heterocycles. The lowest BCUT2D eigenvalue weighted by atomic mass is 9.95. The van der Waals surface area contributed by atoms with Crippen LogP contribution in [0.25, 0.3) is 0 Å². The second-order valence-electron chi connectivity index (χ2n) is 5.63. The van der Waals surface area contributed by atoms with Gasteiger partial charge in [-0.3, -0.25) is 0 Å². The van der Waals surface area contributed by atoms with E-state index in [1.807, 2.05) is 18.2 Å². The predicted octanol–water partition coefficient (Wildman–Crippen LogP) is 5.97. The van der Waals surface area contributed by atoms with Crippen molar-refractivity contribution in [2.24, 2.45) is 0 Å². The van der Waals surface area contributed by atoms with Crippen LogP contribution in [0.4, 0.5) is 11.6 Å². The molecule has 1 fully saturated rings. The topological polar surface area (TPSA) is 29.9 Å². The van der Waals surface area contributed by atoms with Gasteiger partial charge in [-0.05, 0) is 63.8 Å². The maximum atomic E-state index is 4.67. The number of rotatable bonds is 3. The number of hydrogen-bond donors (Lipinski definition) is 1. The molecule has 0 unspecified atom stereocenters. The van der Waals surface area contributed by atoms with Crippen LogP contribution in [0.3, 0.4) is 0 Å². The van der Waals surface area contributed by atoms with Gasteiger partial charge in [-0.25, -0.2) is 4.98 Å². The summed E-state index contributed by atoms with van der Waals surface area (Å²) in [5.74, 6) is 0.937. The highest BCUT2D eigenvalue weighted by atomic mass is 79.9. The van der Waals surface area contributed by atoms with Crippen LogP contribution >= 0.6 is 31.9 Å². The molecule has 1 N–H and O–H groups in total. The summed E-state index contributed by atoms with van der Waals surface area (Å²) in [5, 5.41) is 3.49. The van der Waals surface area contributed by atoms with Crippen LogP contribution in [0.15, 0.2) is 33.3 Å². The fraction of sp³-hybridized carbons (Fsp3) is 0.438. The number of halogens is 2. The van der Waals surface area contributed by atoms with Crippen molar-refractivity contribution in [3.63, 3.8) is 0 Å². The molecule has 0 atom stereocenters. The summed E-state index contributed by atoms with van der Waals surface area (Å²) in [5.41, 5.74) is 2.09. The molecule has 0 saturated heterocycles. The molecule has 3 rings (SSSR count). The second-order valence-corrected chi connectivity index (χ2v) is 7.34. The van der Waals surface area contributed by atoms with Crippen LogP contribution in [-0.2, 0) is 0 Å². The summed E-state index contributed by atoms with van der Waals surface area (Å²) in [4.78, 5) is 4.67. The van der Waals surface area contributed by atoms with Crippen LogP contribution < -0.4 is 5.32 Å². The molecule has 0 amide bonds. The Kier molecular flexibility index (Phi) is 4.69. The molecule has 1 aliphatic rings. The van der Waals surface area contributed by atoms with Crippen molar-refractivity contribution in [2.75, 3.05) is 5.32 Å². The minimum absolute atomic E-state index is 0.573. The van der Waals surface area contributed by atoms with E-state index < -0.39 is 0 Å². The number of nitrogens with zero attached hydrogens (tertiary/aromatic N) is 2. The molecule has 2 aromatic rings. The Morgan fingerprint density at radius 1 is 1.14 bits per heavy atom. The molecular weight excluding hydrogens is 394 g/mol. The fourth-order valence-corrected chi connectivity index (χ4v) is 4.17. The highest BCUT2D eigenvalue weighted by Crippen LogP contribution is 2.35. The number of imidazole rings is 1. The molecule has 0 bridgehead atoms. The molecule has 3 nitrogen and oxygen atoms in total. The molecule has 1 aromatic heterocycles. The average Bonchev–Trinajstić information content (AvgIpc) is 2.85. The van der Waals surface area contributed by atoms with Crippen molar-refractivity contribution in [1.29, 1.82) is 0 Å². The number of aryl methyl sites for hydroxylation is 1. The maximum absolute atomic E-state index is 4.67. The lowest BCUT2D eigenvalue weighted by Crippen LogP contribution is -2.14. The lowest BCUT2D eigenvalue weighted by molar-refractivity contribution is 0.356. The van der Waals surface area contributed by atoms with Crippen molar-refractivity contribution in [3.05, 3.63) is 39.0 Å². The van der Waals surface area contributed by atoms with E-state index in [1.165, 1.54) is 32.1 Å². The molecule has 0 aliphatic heterocycles. The molecule has 0 radical (unpaired) electrons. The minimum atomic E-state index is 0.573. The van der Waals surface area contributed by atoms with Gasteiger partial charge in [-0.1, -0.05) is 25.3 Å². The van der Waals surface area contributed by atoms with Crippen LogP contribution in [0, 0.1) is 6.92 Å². The number of nitrogens with one attached hydrogen (secondary N) is 1. The Bertz CT molecular complexity index is 610. The Morgan fingerprint density at radius 2 is 1.81 bits per heavy atom. The van der Waals surface area contributed by atoms with Crippen molar-refractivity contribution in [1.82, 2.24) is 9.55 Å². The van der Waals surface area contributed by atoms with Gasteiger partial charge in [-0.15, -0.1) is 0 Å². The lowest BCUT2D eigenvalue weighted by Gasteiger charge is -2.25. The third kappa shape index (κ3) is 3.34. The minimum Gasteiger partial charge on any atom is -0.324 e. The van der Waals surface area contributed by atoms with E-state index in [0.29, 0.717) is 6.04 Å². The van der Waals surface area contributed by atoms with Crippen LogP contribution in [0.2, 0.25) is 0 Å². The van der Waals surface area contributed by atoms with Crippen LogP contribution in [0.5, 0.6) is 0 Å². The number of anilines is 2. The van der Waals surface area contributed by atoms with E-state index in [-0.39, 0.29) is 0 Å². The summed E-state index contributed by atoms with van der Waals surface area (Å²) in [7, 11) is 0. The van der Waals surface area contributed by atoms with Crippen molar-refractivity contribution in [3.8, 4) is 0 Å². The van der Waals surface area contributed by atoms with E-state index in [4.69, 9.17) is 0 Å². The van der Waals surface area contributed by atoms with Crippen LogP contribution in [0.1, 0.15) is 43.8 Å². The normalized spacial score (nSPS) is 16.1. The standard InChI is InChI=1S/C16H19Br2N3/c1-11-10-21(12-6-3-2-4-7-12)16(19-11)20-15-13(17)8-5-9-14(15)18/h5,8-10,12H,2-4,6-7H2,1H3,(H,19,20). The highest BCUT2D eigenvalue weighted by molar-refractivity contribution is 9.11. The third-order valence-corrected chi connectivity index (χ3v) is 5.34. The highest BCUT2D eigenvalue weighted by Gasteiger charge is 2.19. The monoisotopic (exact) mass is 411 g/mol. The van der Waals surface area contributed by atoms with Gasteiger partial charge >= 0.3 is 0 Å². The van der Waals surface area contributed by atoms with E-state index in [2.05, 4.69) is 59.8 Å². The van der Waals surface area contributed by atoms with Crippen molar-refractivity contribution >= 4 is 43.5 Å². The van der Waals surface area contributed by atoms with E-state index in [9.17, 15) is 0 Å². The quantitative estimate of drug-likeness (QED) is 0.673. The molecule has 112 valence electrons. The van der Waals surface area contributed by atoms with Gasteiger partial charge in [0.15, 0.2) is 0 Å². The maximum Gasteiger partial charge on any atom is 0.207 e. The van der Waals surface area contributed by atoms with Gasteiger partial charge in [0.25, 0.3) is 0 Å². The molecule has 1 saturated carbocycles. The third-order valence-electron chi connectivity index (χ3n) is 4.02. The second kappa shape index (κ2) is 6.53. The van der Waals surface area contributed by atoms with Crippen molar-refractivity contribution < 1.29 is 0 Å². The predicted molar refractivity (Wildman–Crippen MR) is 94.2 cm³/mol. The molecule has 0 spiro atoms. The van der Waals surface area contributed by atoms with Crippen molar-refractivity contribution in [2.45, 2.75) is 45.1 Å². The Morgan fingerprint density at radius 3 is 2.48 bits per heavy atom. The first-order valence-corrected chi connectivity index (χ1v) is 9.00. The molecule has 5 heteroatoms. The van der Waals surface area contributed by atoms with E-state index >= 15 is 0 Å². The first kappa shape index (κ1) is 15.1. The zero-order chi connectivity index (χ0) is 14.8. The Hall–Kier alpha value is -0.810. The van der Waals surface area contributed by atoms with E-state index in [1.54, 1.807) is 0 Å². The zero-order valence-corrected chi connectivity index (χ0v) is 15.2. The number of benzene rings is 1. The molecule has 1 aliphatic carbocycles. The van der Waals surface area contributed by atoms with Gasteiger partial charge in [0.2, 0.25) is 5.95 Å². The largest absolute Gasteiger partial charge is 0.324 e. The van der Waals surface area contributed by atoms with Gasteiger partial charge < -0.3 is 9.88 Å². The first-order valence-electron chi connectivity index (χ1n) is 7.41. The smallest absolute Gasteiger partial charge is 0.207 e. The number of hydrogen-bond acceptors (Lipinski definition) is 2. The van der Waals surface area contributed by atoms with E-state index in [0.717, 1.165) is 26.3 Å². The number of aromatic nitrogens is 2. The van der Waals surface area contributed by atoms with Gasteiger partial charge in [0, 0.05) is 21.2 Å².